The zero-order valence-corrected chi connectivity index (χ0v) is 13.2. The predicted molar refractivity (Wildman–Crippen MR) is 82.0 cm³/mol. The van der Waals surface area contributed by atoms with Gasteiger partial charge in [0.1, 0.15) is 5.54 Å². The highest BCUT2D eigenvalue weighted by Gasteiger charge is 2.34. The molecule has 2 N–H and O–H groups in total. The van der Waals surface area contributed by atoms with E-state index in [-0.39, 0.29) is 6.10 Å². The molecule has 21 heavy (non-hydrogen) atoms. The number of benzene rings is 1. The van der Waals surface area contributed by atoms with Crippen molar-refractivity contribution in [2.24, 2.45) is 0 Å². The largest absolute Gasteiger partial charge is 0.490 e. The summed E-state index contributed by atoms with van der Waals surface area (Å²) in [7, 11) is 0. The highest BCUT2D eigenvalue weighted by atomic mass is 16.5. The Morgan fingerprint density at radius 1 is 1.33 bits per heavy atom. The maximum absolute atomic E-state index is 11.4. The minimum absolute atomic E-state index is 0.258. The van der Waals surface area contributed by atoms with Gasteiger partial charge in [-0.3, -0.25) is 4.79 Å². The Morgan fingerprint density at radius 2 is 1.95 bits per heavy atom. The number of likely N-dealkylation sites (N-methyl/N-ethyl adjacent to an activating group) is 1. The molecule has 0 radical (unpaired) electrons. The van der Waals surface area contributed by atoms with Gasteiger partial charge in [-0.1, -0.05) is 19.1 Å². The normalized spacial score (nSPS) is 15.0. The van der Waals surface area contributed by atoms with Crippen LogP contribution in [0, 0.1) is 0 Å². The third kappa shape index (κ3) is 4.93. The SMILES string of the molecule is CCNC(C)(CC(C)Oc1ccccc1OCC)C(=O)O. The van der Waals surface area contributed by atoms with E-state index in [1.165, 1.54) is 0 Å². The Morgan fingerprint density at radius 3 is 2.48 bits per heavy atom. The van der Waals surface area contributed by atoms with E-state index in [0.717, 1.165) is 0 Å². The number of hydrogen-bond acceptors (Lipinski definition) is 4. The van der Waals surface area contributed by atoms with E-state index < -0.39 is 11.5 Å². The van der Waals surface area contributed by atoms with Crippen molar-refractivity contribution >= 4 is 5.97 Å². The van der Waals surface area contributed by atoms with E-state index in [1.807, 2.05) is 45.0 Å². The lowest BCUT2D eigenvalue weighted by atomic mass is 9.95. The molecule has 2 unspecified atom stereocenters. The lowest BCUT2D eigenvalue weighted by molar-refractivity contribution is -0.145. The Hall–Kier alpha value is -1.75. The summed E-state index contributed by atoms with van der Waals surface area (Å²) in [4.78, 5) is 11.4. The molecule has 0 saturated heterocycles. The average molecular weight is 295 g/mol. The van der Waals surface area contributed by atoms with E-state index in [4.69, 9.17) is 9.47 Å². The van der Waals surface area contributed by atoms with Crippen molar-refractivity contribution in [3.05, 3.63) is 24.3 Å². The lowest BCUT2D eigenvalue weighted by Crippen LogP contribution is -2.51. The quantitative estimate of drug-likeness (QED) is 0.733. The first kappa shape index (κ1) is 17.3. The van der Waals surface area contributed by atoms with Crippen molar-refractivity contribution in [1.29, 1.82) is 0 Å². The van der Waals surface area contributed by atoms with Crippen molar-refractivity contribution in [2.45, 2.75) is 45.8 Å². The van der Waals surface area contributed by atoms with Gasteiger partial charge in [0.25, 0.3) is 0 Å². The Balaban J connectivity index is 2.77. The first-order chi connectivity index (χ1) is 9.92. The number of rotatable bonds is 9. The van der Waals surface area contributed by atoms with Crippen LogP contribution in [-0.4, -0.2) is 35.9 Å². The van der Waals surface area contributed by atoms with E-state index >= 15 is 0 Å². The van der Waals surface area contributed by atoms with Crippen LogP contribution < -0.4 is 14.8 Å². The molecule has 0 amide bonds. The fourth-order valence-corrected chi connectivity index (χ4v) is 2.28. The first-order valence-corrected chi connectivity index (χ1v) is 7.29. The molecular formula is C16H25NO4. The van der Waals surface area contributed by atoms with Crippen molar-refractivity contribution in [2.75, 3.05) is 13.2 Å². The molecule has 0 aromatic heterocycles. The van der Waals surface area contributed by atoms with Crippen molar-refractivity contribution in [1.82, 2.24) is 5.32 Å². The summed E-state index contributed by atoms with van der Waals surface area (Å²) < 4.78 is 11.4. The number of carboxylic acid groups (broad SMARTS) is 1. The molecule has 5 nitrogen and oxygen atoms in total. The molecule has 0 saturated carbocycles. The number of hydrogen-bond donors (Lipinski definition) is 2. The number of aliphatic carboxylic acids is 1. The van der Waals surface area contributed by atoms with E-state index in [2.05, 4.69) is 5.32 Å². The first-order valence-electron chi connectivity index (χ1n) is 7.29. The van der Waals surface area contributed by atoms with Crippen LogP contribution in [0.15, 0.2) is 24.3 Å². The van der Waals surface area contributed by atoms with Gasteiger partial charge in [0.15, 0.2) is 11.5 Å². The molecule has 118 valence electrons. The van der Waals surface area contributed by atoms with Gasteiger partial charge in [-0.05, 0) is 39.4 Å². The third-order valence-corrected chi connectivity index (χ3v) is 3.21. The van der Waals surface area contributed by atoms with Gasteiger partial charge in [0.2, 0.25) is 0 Å². The summed E-state index contributed by atoms with van der Waals surface area (Å²) in [6.45, 7) is 8.47. The van der Waals surface area contributed by atoms with Crippen LogP contribution >= 0.6 is 0 Å². The van der Waals surface area contributed by atoms with Gasteiger partial charge in [-0.25, -0.2) is 0 Å². The minimum atomic E-state index is -1.01. The number of carbonyl (C=O) groups is 1. The van der Waals surface area contributed by atoms with Crippen LogP contribution in [0.3, 0.4) is 0 Å². The van der Waals surface area contributed by atoms with Gasteiger partial charge < -0.3 is 19.9 Å². The topological polar surface area (TPSA) is 67.8 Å². The Bertz CT molecular complexity index is 463. The molecule has 0 spiro atoms. The number of nitrogens with one attached hydrogen (secondary N) is 1. The number of carboxylic acids is 1. The predicted octanol–water partition coefficient (Wildman–Crippen LogP) is 2.70. The number of ether oxygens (including phenoxy) is 2. The summed E-state index contributed by atoms with van der Waals surface area (Å²) in [5, 5.41) is 12.4. The van der Waals surface area contributed by atoms with Crippen molar-refractivity contribution < 1.29 is 19.4 Å². The molecule has 2 atom stereocenters. The maximum Gasteiger partial charge on any atom is 0.323 e. The standard InChI is InChI=1S/C16H25NO4/c1-5-17-16(4,15(18)19)11-12(3)21-14-10-8-7-9-13(14)20-6-2/h7-10,12,17H,5-6,11H2,1-4H3,(H,18,19). The molecule has 0 aliphatic carbocycles. The molecule has 1 aromatic carbocycles. The molecule has 0 heterocycles. The second-order valence-corrected chi connectivity index (χ2v) is 5.18. The maximum atomic E-state index is 11.4. The molecule has 0 aliphatic rings. The highest BCUT2D eigenvalue weighted by Crippen LogP contribution is 2.28. The summed E-state index contributed by atoms with van der Waals surface area (Å²) in [5.41, 5.74) is -1.01. The van der Waals surface area contributed by atoms with Crippen LogP contribution in [0.1, 0.15) is 34.1 Å². The van der Waals surface area contributed by atoms with Gasteiger partial charge >= 0.3 is 5.97 Å². The van der Waals surface area contributed by atoms with E-state index in [1.54, 1.807) is 6.92 Å². The van der Waals surface area contributed by atoms with Crippen LogP contribution in [0.4, 0.5) is 0 Å². The fraction of sp³-hybridized carbons (Fsp3) is 0.562. The van der Waals surface area contributed by atoms with Crippen molar-refractivity contribution in [3.8, 4) is 11.5 Å². The molecule has 1 aromatic rings. The Kier molecular flexibility index (Phi) is 6.49. The van der Waals surface area contributed by atoms with Gasteiger partial charge in [-0.15, -0.1) is 0 Å². The van der Waals surface area contributed by atoms with Crippen LogP contribution in [0.5, 0.6) is 11.5 Å². The van der Waals surface area contributed by atoms with Gasteiger partial charge in [-0.2, -0.15) is 0 Å². The third-order valence-electron chi connectivity index (χ3n) is 3.21. The monoisotopic (exact) mass is 295 g/mol. The van der Waals surface area contributed by atoms with Gasteiger partial charge in [0.05, 0.1) is 12.7 Å². The molecular weight excluding hydrogens is 270 g/mol. The zero-order chi connectivity index (χ0) is 15.9. The number of para-hydroxylation sites is 2. The van der Waals surface area contributed by atoms with Gasteiger partial charge in [0, 0.05) is 6.42 Å². The zero-order valence-electron chi connectivity index (χ0n) is 13.2. The van der Waals surface area contributed by atoms with Crippen LogP contribution in [-0.2, 0) is 4.79 Å². The molecule has 0 fully saturated rings. The lowest BCUT2D eigenvalue weighted by Gasteiger charge is -2.29. The summed E-state index contributed by atoms with van der Waals surface area (Å²) in [5.74, 6) is 0.432. The molecule has 0 bridgehead atoms. The molecule has 5 heteroatoms. The smallest absolute Gasteiger partial charge is 0.323 e. The second-order valence-electron chi connectivity index (χ2n) is 5.18. The molecule has 0 aliphatic heterocycles. The summed E-state index contributed by atoms with van der Waals surface area (Å²) in [6, 6.07) is 7.41. The summed E-state index contributed by atoms with van der Waals surface area (Å²) >= 11 is 0. The highest BCUT2D eigenvalue weighted by molar-refractivity contribution is 5.78. The Labute approximate surface area is 126 Å². The fourth-order valence-electron chi connectivity index (χ4n) is 2.28. The van der Waals surface area contributed by atoms with Crippen molar-refractivity contribution in [3.63, 3.8) is 0 Å². The van der Waals surface area contributed by atoms with E-state index in [0.29, 0.717) is 31.1 Å². The van der Waals surface area contributed by atoms with E-state index in [9.17, 15) is 9.90 Å². The minimum Gasteiger partial charge on any atom is -0.490 e. The summed E-state index contributed by atoms with van der Waals surface area (Å²) in [6.07, 6.45) is 0.100. The van der Waals surface area contributed by atoms with Crippen LogP contribution in [0.2, 0.25) is 0 Å². The average Bonchev–Trinajstić information content (AvgIpc) is 2.41. The molecule has 1 rings (SSSR count). The second kappa shape index (κ2) is 7.88. The van der Waals surface area contributed by atoms with Crippen LogP contribution in [0.25, 0.3) is 0 Å².